The van der Waals surface area contributed by atoms with E-state index in [9.17, 15) is 14.4 Å². The van der Waals surface area contributed by atoms with Gasteiger partial charge in [0.05, 0.1) is 0 Å². The maximum absolute atomic E-state index is 12.8. The maximum Gasteiger partial charge on any atom is 0.306 e. The second kappa shape index (κ2) is 53.2. The smallest absolute Gasteiger partial charge is 0.306 e. The van der Waals surface area contributed by atoms with Gasteiger partial charge >= 0.3 is 17.9 Å². The number of allylic oxidation sites excluding steroid dienone is 14. The van der Waals surface area contributed by atoms with Crippen LogP contribution in [0.5, 0.6) is 0 Å². The average molecular weight is 905 g/mol. The van der Waals surface area contributed by atoms with Crippen LogP contribution in [-0.4, -0.2) is 37.2 Å². The molecule has 6 heteroatoms. The highest BCUT2D eigenvalue weighted by Crippen LogP contribution is 2.14. The highest BCUT2D eigenvalue weighted by atomic mass is 16.6. The number of hydrogen-bond acceptors (Lipinski definition) is 6. The summed E-state index contributed by atoms with van der Waals surface area (Å²) >= 11 is 0. The highest BCUT2D eigenvalue weighted by Gasteiger charge is 2.19. The molecule has 1 unspecified atom stereocenters. The third-order valence-corrected chi connectivity index (χ3v) is 11.4. The molecular formula is C59H100O6. The van der Waals surface area contributed by atoms with Crippen LogP contribution in [-0.2, 0) is 28.6 Å². The van der Waals surface area contributed by atoms with Crippen LogP contribution >= 0.6 is 0 Å². The third-order valence-electron chi connectivity index (χ3n) is 11.4. The van der Waals surface area contributed by atoms with Gasteiger partial charge in [-0.25, -0.2) is 0 Å². The summed E-state index contributed by atoms with van der Waals surface area (Å²) in [6, 6.07) is 0. The first-order valence-corrected chi connectivity index (χ1v) is 27.1. The van der Waals surface area contributed by atoms with Crippen molar-refractivity contribution in [3.63, 3.8) is 0 Å². The molecule has 0 N–H and O–H groups in total. The van der Waals surface area contributed by atoms with E-state index < -0.39 is 6.10 Å². The molecule has 0 aromatic heterocycles. The van der Waals surface area contributed by atoms with Gasteiger partial charge in [-0.1, -0.05) is 215 Å². The Labute approximate surface area is 401 Å². The van der Waals surface area contributed by atoms with E-state index in [0.29, 0.717) is 19.3 Å². The van der Waals surface area contributed by atoms with E-state index >= 15 is 0 Å². The third kappa shape index (κ3) is 51.4. The lowest BCUT2D eigenvalue weighted by molar-refractivity contribution is -0.167. The summed E-state index contributed by atoms with van der Waals surface area (Å²) in [7, 11) is 0. The molecule has 65 heavy (non-hydrogen) atoms. The van der Waals surface area contributed by atoms with E-state index in [0.717, 1.165) is 135 Å². The van der Waals surface area contributed by atoms with Crippen molar-refractivity contribution < 1.29 is 28.6 Å². The van der Waals surface area contributed by atoms with Gasteiger partial charge in [0.15, 0.2) is 6.10 Å². The summed E-state index contributed by atoms with van der Waals surface area (Å²) in [4.78, 5) is 38.0. The van der Waals surface area contributed by atoms with E-state index in [4.69, 9.17) is 14.2 Å². The summed E-state index contributed by atoms with van der Waals surface area (Å²) in [5.74, 6) is -0.935. The molecule has 0 aliphatic rings. The van der Waals surface area contributed by atoms with Crippen molar-refractivity contribution in [2.24, 2.45) is 0 Å². The van der Waals surface area contributed by atoms with Crippen LogP contribution in [0.1, 0.15) is 252 Å². The van der Waals surface area contributed by atoms with Crippen molar-refractivity contribution in [1.82, 2.24) is 0 Å². The van der Waals surface area contributed by atoms with E-state index in [1.807, 2.05) is 0 Å². The lowest BCUT2D eigenvalue weighted by Gasteiger charge is -2.18. The molecule has 0 spiro atoms. The molecule has 0 bridgehead atoms. The number of rotatable bonds is 48. The highest BCUT2D eigenvalue weighted by molar-refractivity contribution is 5.71. The summed E-state index contributed by atoms with van der Waals surface area (Å²) < 4.78 is 16.8. The average Bonchev–Trinajstić information content (AvgIpc) is 3.30. The zero-order valence-electron chi connectivity index (χ0n) is 42.5. The van der Waals surface area contributed by atoms with Gasteiger partial charge in [-0.2, -0.15) is 0 Å². The Morgan fingerprint density at radius 1 is 0.338 bits per heavy atom. The maximum atomic E-state index is 12.8. The van der Waals surface area contributed by atoms with Gasteiger partial charge in [-0.05, 0) is 103 Å². The first kappa shape index (κ1) is 61.6. The standard InChI is InChI=1S/C59H100O6/c1-4-7-10-13-16-19-22-24-26-28-30-32-33-35-37-40-43-46-49-52-58(61)64-55-56(54-63-57(60)51-48-45-42-39-21-18-15-12-9-6-3)65-59(62)53-50-47-44-41-38-36-34-31-29-27-25-23-20-17-14-11-8-5-2/h7,10,15-16,18-19,24,26-27,29-32,34,56H,4-6,8-9,11-14,17,20-23,25,28,33,35-55H2,1-3H3/b10-7-,18-15-,19-16-,26-24-,29-27-,32-30-,34-31-. The van der Waals surface area contributed by atoms with E-state index in [1.54, 1.807) is 0 Å². The molecule has 0 amide bonds. The number of carbonyl (C=O) groups is 3. The van der Waals surface area contributed by atoms with E-state index in [2.05, 4.69) is 106 Å². The van der Waals surface area contributed by atoms with E-state index in [1.165, 1.54) is 77.0 Å². The summed E-state index contributed by atoms with van der Waals surface area (Å²) in [6.07, 6.45) is 68.6. The molecule has 0 aliphatic carbocycles. The number of ether oxygens (including phenoxy) is 3. The van der Waals surface area contributed by atoms with Gasteiger partial charge in [0.1, 0.15) is 13.2 Å². The fourth-order valence-corrected chi connectivity index (χ4v) is 7.29. The quantitative estimate of drug-likeness (QED) is 0.0199. The van der Waals surface area contributed by atoms with Gasteiger partial charge in [-0.3, -0.25) is 14.4 Å². The topological polar surface area (TPSA) is 78.9 Å². The molecule has 0 saturated heterocycles. The normalized spacial score (nSPS) is 12.7. The van der Waals surface area contributed by atoms with Gasteiger partial charge in [-0.15, -0.1) is 0 Å². The summed E-state index contributed by atoms with van der Waals surface area (Å²) in [5, 5.41) is 0. The van der Waals surface area contributed by atoms with Crippen molar-refractivity contribution in [2.45, 2.75) is 258 Å². The lowest BCUT2D eigenvalue weighted by atomic mass is 10.1. The molecular weight excluding hydrogens is 805 g/mol. The molecule has 372 valence electrons. The molecule has 0 aromatic rings. The number of unbranched alkanes of at least 4 members (excludes halogenated alkanes) is 24. The second-order valence-electron chi connectivity index (χ2n) is 17.8. The molecule has 0 fully saturated rings. The monoisotopic (exact) mass is 905 g/mol. The Morgan fingerprint density at radius 2 is 0.662 bits per heavy atom. The van der Waals surface area contributed by atoms with Gasteiger partial charge in [0, 0.05) is 19.3 Å². The SMILES string of the molecule is CC/C=C\C/C=C\C/C=C\C/C=C\CCCCCCCCC(=O)OCC(COC(=O)CCCCCC/C=C\CCCC)OC(=O)CCCCCCC/C=C\C=C/CCCCCCCCC. The Kier molecular flexibility index (Phi) is 50.4. The lowest BCUT2D eigenvalue weighted by Crippen LogP contribution is -2.30. The fraction of sp³-hybridized carbons (Fsp3) is 0.712. The second-order valence-corrected chi connectivity index (χ2v) is 17.8. The van der Waals surface area contributed by atoms with Gasteiger partial charge in [0.2, 0.25) is 0 Å². The van der Waals surface area contributed by atoms with Crippen molar-refractivity contribution in [1.29, 1.82) is 0 Å². The van der Waals surface area contributed by atoms with E-state index in [-0.39, 0.29) is 31.1 Å². The zero-order valence-corrected chi connectivity index (χ0v) is 42.5. The fourth-order valence-electron chi connectivity index (χ4n) is 7.29. The predicted molar refractivity (Wildman–Crippen MR) is 279 cm³/mol. The number of hydrogen-bond donors (Lipinski definition) is 0. The minimum absolute atomic E-state index is 0.0941. The predicted octanol–water partition coefficient (Wildman–Crippen LogP) is 18.0. The molecule has 0 aromatic carbocycles. The number of carbonyl (C=O) groups excluding carboxylic acids is 3. The van der Waals surface area contributed by atoms with Crippen LogP contribution in [0.4, 0.5) is 0 Å². The van der Waals surface area contributed by atoms with Crippen LogP contribution in [0.25, 0.3) is 0 Å². The van der Waals surface area contributed by atoms with Crippen LogP contribution in [0, 0.1) is 0 Å². The van der Waals surface area contributed by atoms with Crippen LogP contribution in [0.3, 0.4) is 0 Å². The minimum Gasteiger partial charge on any atom is -0.462 e. The molecule has 1 atom stereocenters. The Morgan fingerprint density at radius 3 is 1.09 bits per heavy atom. The summed E-state index contributed by atoms with van der Waals surface area (Å²) in [6.45, 7) is 6.44. The largest absolute Gasteiger partial charge is 0.462 e. The van der Waals surface area contributed by atoms with Crippen LogP contribution < -0.4 is 0 Å². The molecule has 0 rings (SSSR count). The first-order chi connectivity index (χ1) is 32.0. The molecule has 0 saturated carbocycles. The zero-order chi connectivity index (χ0) is 47.2. The molecule has 0 radical (unpaired) electrons. The Bertz CT molecular complexity index is 1270. The van der Waals surface area contributed by atoms with Crippen molar-refractivity contribution in [3.05, 3.63) is 85.1 Å². The van der Waals surface area contributed by atoms with Crippen LogP contribution in [0.15, 0.2) is 85.1 Å². The van der Waals surface area contributed by atoms with Gasteiger partial charge < -0.3 is 14.2 Å². The Hall–Kier alpha value is -3.41. The first-order valence-electron chi connectivity index (χ1n) is 27.1. The van der Waals surface area contributed by atoms with Crippen molar-refractivity contribution >= 4 is 17.9 Å². The minimum atomic E-state index is -0.795. The Balaban J connectivity index is 4.40. The summed E-state index contributed by atoms with van der Waals surface area (Å²) in [5.41, 5.74) is 0. The molecule has 6 nitrogen and oxygen atoms in total. The molecule has 0 heterocycles. The van der Waals surface area contributed by atoms with Gasteiger partial charge in [0.25, 0.3) is 0 Å². The van der Waals surface area contributed by atoms with Crippen LogP contribution in [0.2, 0.25) is 0 Å². The number of esters is 3. The molecule has 0 aliphatic heterocycles. The van der Waals surface area contributed by atoms with Crippen molar-refractivity contribution in [3.8, 4) is 0 Å². The van der Waals surface area contributed by atoms with Crippen molar-refractivity contribution in [2.75, 3.05) is 13.2 Å².